The molecule has 2 saturated carbocycles. The first kappa shape index (κ1) is 9.31. The summed E-state index contributed by atoms with van der Waals surface area (Å²) < 4.78 is 1.85. The van der Waals surface area contributed by atoms with Crippen molar-refractivity contribution in [3.05, 3.63) is 6.33 Å². The number of aromatic nitrogens is 4. The molecular weight excluding hydrogens is 188 g/mol. The van der Waals surface area contributed by atoms with E-state index in [-0.39, 0.29) is 0 Å². The van der Waals surface area contributed by atoms with Gasteiger partial charge in [-0.1, -0.05) is 0 Å². The summed E-state index contributed by atoms with van der Waals surface area (Å²) in [6, 6.07) is 0. The number of aryl methyl sites for hydroxylation is 1. The van der Waals surface area contributed by atoms with Gasteiger partial charge in [-0.25, -0.2) is 4.68 Å². The lowest BCUT2D eigenvalue weighted by Gasteiger charge is -2.28. The Bertz CT molecular complexity index is 305. The second kappa shape index (κ2) is 3.58. The number of hydrogen-bond acceptors (Lipinski definition) is 3. The molecule has 82 valence electrons. The highest BCUT2D eigenvalue weighted by Crippen LogP contribution is 2.57. The predicted octanol–water partition coefficient (Wildman–Crippen LogP) is 2.03. The Labute approximate surface area is 90.1 Å². The van der Waals surface area contributed by atoms with Gasteiger partial charge in [-0.05, 0) is 66.7 Å². The maximum absolute atomic E-state index is 3.90. The summed E-state index contributed by atoms with van der Waals surface area (Å²) >= 11 is 0. The monoisotopic (exact) mass is 206 g/mol. The molecule has 2 aliphatic carbocycles. The Morgan fingerprint density at radius 3 is 2.60 bits per heavy atom. The van der Waals surface area contributed by atoms with Gasteiger partial charge in [-0.15, -0.1) is 5.10 Å². The molecule has 2 aliphatic rings. The maximum Gasteiger partial charge on any atom is 0.138 e. The second-order valence-corrected chi connectivity index (χ2v) is 5.30. The van der Waals surface area contributed by atoms with E-state index < -0.39 is 0 Å². The normalized spacial score (nSPS) is 24.5. The molecule has 4 heteroatoms. The van der Waals surface area contributed by atoms with Crippen molar-refractivity contribution in [1.29, 1.82) is 0 Å². The zero-order valence-electron chi connectivity index (χ0n) is 9.10. The molecule has 0 aromatic carbocycles. The minimum absolute atomic E-state index is 0.825. The molecule has 0 amide bonds. The lowest BCUT2D eigenvalue weighted by molar-refractivity contribution is 0.237. The van der Waals surface area contributed by atoms with E-state index in [4.69, 9.17) is 0 Å². The fourth-order valence-corrected chi connectivity index (χ4v) is 2.85. The van der Waals surface area contributed by atoms with Gasteiger partial charge < -0.3 is 0 Å². The van der Waals surface area contributed by atoms with Crippen LogP contribution >= 0.6 is 0 Å². The average Bonchev–Trinajstić information content (AvgIpc) is 2.81. The van der Waals surface area contributed by atoms with Crippen molar-refractivity contribution in [2.75, 3.05) is 0 Å². The molecule has 0 aliphatic heterocycles. The van der Waals surface area contributed by atoms with Crippen LogP contribution in [0.25, 0.3) is 0 Å². The van der Waals surface area contributed by atoms with E-state index in [1.807, 2.05) is 4.68 Å². The van der Waals surface area contributed by atoms with E-state index in [1.54, 1.807) is 6.33 Å². The third-order valence-corrected chi connectivity index (χ3v) is 4.28. The van der Waals surface area contributed by atoms with Crippen LogP contribution in [0, 0.1) is 11.3 Å². The van der Waals surface area contributed by atoms with Gasteiger partial charge in [-0.3, -0.25) is 0 Å². The van der Waals surface area contributed by atoms with Crippen molar-refractivity contribution >= 4 is 0 Å². The first-order valence-corrected chi connectivity index (χ1v) is 6.07. The van der Waals surface area contributed by atoms with E-state index in [2.05, 4.69) is 15.5 Å². The lowest BCUT2D eigenvalue weighted by Crippen LogP contribution is -2.17. The van der Waals surface area contributed by atoms with E-state index in [0.717, 1.165) is 17.9 Å². The molecule has 1 aromatic rings. The molecule has 4 nitrogen and oxygen atoms in total. The molecule has 0 bridgehead atoms. The Morgan fingerprint density at radius 1 is 1.20 bits per heavy atom. The Kier molecular flexibility index (Phi) is 2.22. The first-order valence-electron chi connectivity index (χ1n) is 6.07. The van der Waals surface area contributed by atoms with Crippen LogP contribution in [0.5, 0.6) is 0 Å². The average molecular weight is 206 g/mol. The molecule has 0 radical (unpaired) electrons. The third-order valence-electron chi connectivity index (χ3n) is 4.28. The van der Waals surface area contributed by atoms with Crippen molar-refractivity contribution in [3.8, 4) is 0 Å². The summed E-state index contributed by atoms with van der Waals surface area (Å²) in [5.74, 6) is 0.917. The van der Waals surface area contributed by atoms with Gasteiger partial charge in [0.25, 0.3) is 0 Å². The summed E-state index contributed by atoms with van der Waals surface area (Å²) in [7, 11) is 0. The summed E-state index contributed by atoms with van der Waals surface area (Å²) in [5.41, 5.74) is 0.825. The van der Waals surface area contributed by atoms with Crippen LogP contribution in [-0.4, -0.2) is 20.2 Å². The van der Waals surface area contributed by atoms with Crippen molar-refractivity contribution in [2.24, 2.45) is 11.3 Å². The fourth-order valence-electron chi connectivity index (χ4n) is 2.85. The topological polar surface area (TPSA) is 43.6 Å². The summed E-state index contributed by atoms with van der Waals surface area (Å²) in [6.45, 7) is 0.991. The standard InChI is InChI=1S/C11H18N4/c1-4-11(6-7-11)5-2-10(1)3-8-15-9-12-13-14-15/h9-10H,1-8H2. The van der Waals surface area contributed by atoms with Crippen LogP contribution < -0.4 is 0 Å². The highest BCUT2D eigenvalue weighted by molar-refractivity contribution is 4.96. The molecule has 3 rings (SSSR count). The Balaban J connectivity index is 1.45. The molecular formula is C11H18N4. The Morgan fingerprint density at radius 2 is 2.00 bits per heavy atom. The molecule has 0 N–H and O–H groups in total. The van der Waals surface area contributed by atoms with Gasteiger partial charge in [-0.2, -0.15) is 0 Å². The summed E-state index contributed by atoms with van der Waals surface area (Å²) in [5, 5.41) is 11.2. The van der Waals surface area contributed by atoms with Gasteiger partial charge in [0.15, 0.2) is 0 Å². The van der Waals surface area contributed by atoms with E-state index >= 15 is 0 Å². The van der Waals surface area contributed by atoms with Crippen LogP contribution in [0.1, 0.15) is 44.9 Å². The van der Waals surface area contributed by atoms with Crippen LogP contribution in [0.4, 0.5) is 0 Å². The second-order valence-electron chi connectivity index (χ2n) is 5.30. The first-order chi connectivity index (χ1) is 7.36. The molecule has 1 spiro atoms. The van der Waals surface area contributed by atoms with Crippen molar-refractivity contribution in [1.82, 2.24) is 20.2 Å². The summed E-state index contributed by atoms with van der Waals surface area (Å²) in [6.07, 6.45) is 11.8. The van der Waals surface area contributed by atoms with Crippen LogP contribution in [0.3, 0.4) is 0 Å². The van der Waals surface area contributed by atoms with Crippen LogP contribution in [0.2, 0.25) is 0 Å². The molecule has 15 heavy (non-hydrogen) atoms. The summed E-state index contributed by atoms with van der Waals surface area (Å²) in [4.78, 5) is 0. The van der Waals surface area contributed by atoms with E-state index in [9.17, 15) is 0 Å². The highest BCUT2D eigenvalue weighted by atomic mass is 15.5. The number of tetrazole rings is 1. The van der Waals surface area contributed by atoms with Crippen molar-refractivity contribution in [2.45, 2.75) is 51.5 Å². The minimum atomic E-state index is 0.825. The number of rotatable bonds is 3. The van der Waals surface area contributed by atoms with Crippen molar-refractivity contribution in [3.63, 3.8) is 0 Å². The zero-order chi connectivity index (χ0) is 10.1. The van der Waals surface area contributed by atoms with Gasteiger partial charge in [0.1, 0.15) is 6.33 Å². The van der Waals surface area contributed by atoms with Gasteiger partial charge in [0.2, 0.25) is 0 Å². The lowest BCUT2D eigenvalue weighted by atomic mass is 9.78. The fraction of sp³-hybridized carbons (Fsp3) is 0.909. The van der Waals surface area contributed by atoms with Crippen LogP contribution in [0.15, 0.2) is 6.33 Å². The zero-order valence-corrected chi connectivity index (χ0v) is 9.10. The van der Waals surface area contributed by atoms with Crippen LogP contribution in [-0.2, 0) is 6.54 Å². The Hall–Kier alpha value is -0.930. The van der Waals surface area contributed by atoms with E-state index in [0.29, 0.717) is 0 Å². The third kappa shape index (κ3) is 2.03. The van der Waals surface area contributed by atoms with Crippen molar-refractivity contribution < 1.29 is 0 Å². The number of nitrogens with zero attached hydrogens (tertiary/aromatic N) is 4. The molecule has 1 aromatic heterocycles. The molecule has 0 saturated heterocycles. The SMILES string of the molecule is c1nnnn1CCC1CCC2(CC1)CC2. The van der Waals surface area contributed by atoms with Gasteiger partial charge >= 0.3 is 0 Å². The highest BCUT2D eigenvalue weighted by Gasteiger charge is 2.44. The van der Waals surface area contributed by atoms with Gasteiger partial charge in [0.05, 0.1) is 0 Å². The smallest absolute Gasteiger partial charge is 0.138 e. The van der Waals surface area contributed by atoms with E-state index in [1.165, 1.54) is 44.9 Å². The number of hydrogen-bond donors (Lipinski definition) is 0. The quantitative estimate of drug-likeness (QED) is 0.760. The van der Waals surface area contributed by atoms with Gasteiger partial charge in [0, 0.05) is 6.54 Å². The molecule has 0 atom stereocenters. The molecule has 0 unspecified atom stereocenters. The maximum atomic E-state index is 3.90. The predicted molar refractivity (Wildman–Crippen MR) is 56.1 cm³/mol. The molecule has 1 heterocycles. The largest absolute Gasteiger partial charge is 0.233 e. The molecule has 2 fully saturated rings. The minimum Gasteiger partial charge on any atom is -0.233 e.